The lowest BCUT2D eigenvalue weighted by Crippen LogP contribution is -2.36. The van der Waals surface area contributed by atoms with Crippen molar-refractivity contribution in [2.75, 3.05) is 32.7 Å². The molecule has 2 fully saturated rings. The number of hydrogen-bond donors (Lipinski definition) is 2. The molecule has 10 heteroatoms. The van der Waals surface area contributed by atoms with Gasteiger partial charge < -0.3 is 19.8 Å². The van der Waals surface area contributed by atoms with E-state index in [9.17, 15) is 0 Å². The van der Waals surface area contributed by atoms with Gasteiger partial charge >= 0.3 is 0 Å². The summed E-state index contributed by atoms with van der Waals surface area (Å²) >= 11 is 0. The molecular weight excluding hydrogens is 468 g/mol. The molecule has 5 rings (SSSR count). The number of fused-ring (bicyclic) bond motifs is 1. The van der Waals surface area contributed by atoms with E-state index in [0.29, 0.717) is 11.9 Å². The Morgan fingerprint density at radius 2 is 1.86 bits per heavy atom. The molecule has 9 nitrogen and oxygen atoms in total. The molecule has 3 aromatic rings. The molecule has 0 amide bonds. The maximum absolute atomic E-state index is 9.00. The van der Waals surface area contributed by atoms with Crippen molar-refractivity contribution in [3.05, 3.63) is 35.9 Å². The van der Waals surface area contributed by atoms with Gasteiger partial charge in [0.05, 0.1) is 11.2 Å². The van der Waals surface area contributed by atoms with E-state index in [4.69, 9.17) is 24.5 Å². The molecule has 0 unspecified atom stereocenters. The van der Waals surface area contributed by atoms with E-state index in [-0.39, 0.29) is 12.4 Å². The van der Waals surface area contributed by atoms with Gasteiger partial charge in [0.15, 0.2) is 0 Å². The van der Waals surface area contributed by atoms with E-state index in [2.05, 4.69) is 34.4 Å². The second-order valence-electron chi connectivity index (χ2n) is 9.28. The van der Waals surface area contributed by atoms with Crippen LogP contribution in [0.3, 0.4) is 0 Å². The van der Waals surface area contributed by atoms with E-state index < -0.39 is 5.97 Å². The number of rotatable bonds is 6. The van der Waals surface area contributed by atoms with E-state index in [0.717, 1.165) is 67.7 Å². The van der Waals surface area contributed by atoms with Crippen LogP contribution in [0.15, 0.2) is 28.8 Å². The molecule has 2 saturated heterocycles. The standard InChI is InChI=1S/C23H32N6O.C2H4O2.ClH/c1-2-20-19-5-3-4-6-21(19)29(26-20)23-25-22(30-27-23)18-10-15-28(16-11-18)14-9-17-7-12-24-13-8-17;1-2(3)4;/h3-6,17-18,24H,2,7-16H2,1H3;1H3,(H,3,4);1H. The number of piperidine rings is 2. The monoisotopic (exact) mass is 504 g/mol. The largest absolute Gasteiger partial charge is 0.481 e. The lowest BCUT2D eigenvalue weighted by molar-refractivity contribution is -0.134. The fourth-order valence-electron chi connectivity index (χ4n) is 4.96. The first kappa shape index (κ1) is 27.1. The summed E-state index contributed by atoms with van der Waals surface area (Å²) in [5, 5.41) is 21.0. The highest BCUT2D eigenvalue weighted by Crippen LogP contribution is 2.29. The number of likely N-dealkylation sites (tertiary alicyclic amines) is 1. The zero-order valence-electron chi connectivity index (χ0n) is 20.7. The van der Waals surface area contributed by atoms with Gasteiger partial charge in [-0.3, -0.25) is 4.79 Å². The Bertz CT molecular complexity index is 1070. The summed E-state index contributed by atoms with van der Waals surface area (Å²) in [5.41, 5.74) is 2.11. The molecule has 0 saturated carbocycles. The van der Waals surface area contributed by atoms with Gasteiger partial charge in [-0.15, -0.1) is 12.4 Å². The van der Waals surface area contributed by atoms with Crippen LogP contribution in [0.5, 0.6) is 0 Å². The van der Waals surface area contributed by atoms with Crippen molar-refractivity contribution >= 4 is 29.3 Å². The third-order valence-electron chi connectivity index (χ3n) is 6.87. The Morgan fingerprint density at radius 1 is 1.17 bits per heavy atom. The van der Waals surface area contributed by atoms with Crippen molar-refractivity contribution in [1.29, 1.82) is 0 Å². The highest BCUT2D eigenvalue weighted by molar-refractivity contribution is 5.85. The van der Waals surface area contributed by atoms with Crippen molar-refractivity contribution < 1.29 is 14.4 Å². The Balaban J connectivity index is 0.000000638. The smallest absolute Gasteiger partial charge is 0.300 e. The van der Waals surface area contributed by atoms with Crippen LogP contribution in [0.25, 0.3) is 16.9 Å². The number of aryl methyl sites for hydroxylation is 1. The van der Waals surface area contributed by atoms with E-state index in [1.165, 1.54) is 38.9 Å². The second kappa shape index (κ2) is 13.0. The first-order chi connectivity index (χ1) is 16.5. The predicted octanol–water partition coefficient (Wildman–Crippen LogP) is 4.05. The maximum atomic E-state index is 9.00. The van der Waals surface area contributed by atoms with Crippen LogP contribution in [0.2, 0.25) is 0 Å². The first-order valence-electron chi connectivity index (χ1n) is 12.5. The molecule has 2 aliphatic rings. The minimum absolute atomic E-state index is 0. The number of benzene rings is 1. The molecule has 0 radical (unpaired) electrons. The van der Waals surface area contributed by atoms with Crippen LogP contribution in [0.1, 0.15) is 63.5 Å². The summed E-state index contributed by atoms with van der Waals surface area (Å²) in [7, 11) is 0. The Kier molecular flexibility index (Phi) is 10.1. The number of carboxylic acids is 1. The van der Waals surface area contributed by atoms with Crippen LogP contribution in [0, 0.1) is 5.92 Å². The quantitative estimate of drug-likeness (QED) is 0.517. The van der Waals surface area contributed by atoms with Crippen molar-refractivity contribution in [3.8, 4) is 5.95 Å². The Hall–Kier alpha value is -2.49. The molecule has 0 spiro atoms. The van der Waals surface area contributed by atoms with E-state index in [1.807, 2.05) is 16.8 Å². The maximum Gasteiger partial charge on any atom is 0.300 e. The summed E-state index contributed by atoms with van der Waals surface area (Å²) in [5.74, 6) is 1.74. The molecule has 4 heterocycles. The number of para-hydroxylation sites is 1. The van der Waals surface area contributed by atoms with Crippen molar-refractivity contribution in [1.82, 2.24) is 30.1 Å². The topological polar surface area (TPSA) is 109 Å². The van der Waals surface area contributed by atoms with Crippen molar-refractivity contribution in [2.24, 2.45) is 5.92 Å². The molecule has 0 atom stereocenters. The molecule has 35 heavy (non-hydrogen) atoms. The summed E-state index contributed by atoms with van der Waals surface area (Å²) in [6, 6.07) is 8.26. The normalized spacial score (nSPS) is 17.5. The highest BCUT2D eigenvalue weighted by Gasteiger charge is 2.26. The minimum Gasteiger partial charge on any atom is -0.481 e. The minimum atomic E-state index is -0.833. The van der Waals surface area contributed by atoms with Crippen LogP contribution in [-0.4, -0.2) is 68.6 Å². The predicted molar refractivity (Wildman–Crippen MR) is 137 cm³/mol. The fraction of sp³-hybridized carbons (Fsp3) is 0.600. The molecule has 2 N–H and O–H groups in total. The summed E-state index contributed by atoms with van der Waals surface area (Å²) in [6.45, 7) is 9.07. The Morgan fingerprint density at radius 3 is 2.54 bits per heavy atom. The summed E-state index contributed by atoms with van der Waals surface area (Å²) in [4.78, 5) is 16.4. The van der Waals surface area contributed by atoms with Gasteiger partial charge in [0.2, 0.25) is 5.89 Å². The third-order valence-corrected chi connectivity index (χ3v) is 6.87. The number of hydrogen-bond acceptors (Lipinski definition) is 7. The van der Waals surface area contributed by atoms with Crippen molar-refractivity contribution in [2.45, 2.75) is 58.3 Å². The van der Waals surface area contributed by atoms with Crippen LogP contribution in [0.4, 0.5) is 0 Å². The number of halogens is 1. The van der Waals surface area contributed by atoms with Gasteiger partial charge in [-0.05, 0) is 88.4 Å². The van der Waals surface area contributed by atoms with E-state index in [1.54, 1.807) is 0 Å². The van der Waals surface area contributed by atoms with Crippen LogP contribution in [-0.2, 0) is 11.2 Å². The molecule has 192 valence electrons. The van der Waals surface area contributed by atoms with Gasteiger partial charge in [-0.1, -0.05) is 25.1 Å². The summed E-state index contributed by atoms with van der Waals surface area (Å²) in [6.07, 6.45) is 7.07. The second-order valence-corrected chi connectivity index (χ2v) is 9.28. The van der Waals surface area contributed by atoms with Gasteiger partial charge in [0.1, 0.15) is 0 Å². The molecular formula is C25H37ClN6O3. The van der Waals surface area contributed by atoms with Crippen LogP contribution < -0.4 is 5.32 Å². The molecule has 1 aromatic carbocycles. The third kappa shape index (κ3) is 7.02. The first-order valence-corrected chi connectivity index (χ1v) is 12.5. The number of carboxylic acid groups (broad SMARTS) is 1. The highest BCUT2D eigenvalue weighted by atomic mass is 35.5. The van der Waals surface area contributed by atoms with E-state index >= 15 is 0 Å². The Labute approximate surface area is 212 Å². The zero-order valence-corrected chi connectivity index (χ0v) is 21.5. The molecule has 2 aromatic heterocycles. The van der Waals surface area contributed by atoms with Gasteiger partial charge in [-0.25, -0.2) is 0 Å². The average Bonchev–Trinajstić information content (AvgIpc) is 3.48. The van der Waals surface area contributed by atoms with Gasteiger partial charge in [0.25, 0.3) is 11.9 Å². The fourth-order valence-corrected chi connectivity index (χ4v) is 4.96. The van der Waals surface area contributed by atoms with Crippen LogP contribution >= 0.6 is 12.4 Å². The number of nitrogens with zero attached hydrogens (tertiary/aromatic N) is 5. The average molecular weight is 505 g/mol. The number of nitrogens with one attached hydrogen (secondary N) is 1. The molecule has 0 bridgehead atoms. The lowest BCUT2D eigenvalue weighted by Gasteiger charge is -2.32. The number of carbonyl (C=O) groups is 1. The number of aromatic nitrogens is 4. The zero-order chi connectivity index (χ0) is 23.9. The molecule has 2 aliphatic heterocycles. The molecule has 0 aliphatic carbocycles. The van der Waals surface area contributed by atoms with Crippen molar-refractivity contribution in [3.63, 3.8) is 0 Å². The van der Waals surface area contributed by atoms with Gasteiger partial charge in [0, 0.05) is 18.2 Å². The van der Waals surface area contributed by atoms with Gasteiger partial charge in [-0.2, -0.15) is 14.8 Å². The summed E-state index contributed by atoms with van der Waals surface area (Å²) < 4.78 is 7.52. The lowest BCUT2D eigenvalue weighted by atomic mass is 9.93. The SMILES string of the molecule is CC(=O)O.CCc1nn(-c2noc(C3CCN(CCC4CCNCC4)CC3)n2)c2ccccc12.Cl. The number of aliphatic carboxylic acids is 1.